The number of aryl methyl sites for hydroxylation is 1. The Kier molecular flexibility index (Phi) is 4.08. The minimum absolute atomic E-state index is 0.0276. The zero-order valence-electron chi connectivity index (χ0n) is 10.2. The molecule has 19 heavy (non-hydrogen) atoms. The SMILES string of the molecule is Cn1cnnc1CNCc1cc([N+](=O)[O-])ccc1Cl. The Morgan fingerprint density at radius 1 is 1.47 bits per heavy atom. The molecule has 1 N–H and O–H groups in total. The van der Waals surface area contributed by atoms with Gasteiger partial charge in [-0.2, -0.15) is 0 Å². The van der Waals surface area contributed by atoms with Crippen LogP contribution < -0.4 is 5.32 Å². The van der Waals surface area contributed by atoms with Gasteiger partial charge in [0.15, 0.2) is 0 Å². The van der Waals surface area contributed by atoms with Crippen molar-refractivity contribution in [2.75, 3.05) is 0 Å². The molecule has 0 unspecified atom stereocenters. The Labute approximate surface area is 114 Å². The molecule has 0 fully saturated rings. The largest absolute Gasteiger partial charge is 0.320 e. The molecule has 7 nitrogen and oxygen atoms in total. The van der Waals surface area contributed by atoms with Crippen molar-refractivity contribution in [1.29, 1.82) is 0 Å². The van der Waals surface area contributed by atoms with Crippen LogP contribution in [0.25, 0.3) is 0 Å². The average molecular weight is 282 g/mol. The van der Waals surface area contributed by atoms with E-state index in [9.17, 15) is 10.1 Å². The van der Waals surface area contributed by atoms with Crippen LogP contribution in [0.15, 0.2) is 24.5 Å². The third-order valence-electron chi connectivity index (χ3n) is 2.64. The fourth-order valence-corrected chi connectivity index (χ4v) is 1.77. The summed E-state index contributed by atoms with van der Waals surface area (Å²) in [7, 11) is 1.84. The highest BCUT2D eigenvalue weighted by Gasteiger charge is 2.09. The summed E-state index contributed by atoms with van der Waals surface area (Å²) in [5.41, 5.74) is 0.706. The van der Waals surface area contributed by atoms with Crippen molar-refractivity contribution in [2.24, 2.45) is 7.05 Å². The summed E-state index contributed by atoms with van der Waals surface area (Å²) >= 11 is 6.00. The van der Waals surface area contributed by atoms with Crippen molar-refractivity contribution in [1.82, 2.24) is 20.1 Å². The summed E-state index contributed by atoms with van der Waals surface area (Å²) in [6.07, 6.45) is 1.61. The van der Waals surface area contributed by atoms with Gasteiger partial charge in [0, 0.05) is 30.7 Å². The van der Waals surface area contributed by atoms with Crippen LogP contribution in [0.1, 0.15) is 11.4 Å². The maximum Gasteiger partial charge on any atom is 0.269 e. The number of nitrogens with zero attached hydrogens (tertiary/aromatic N) is 4. The first-order valence-electron chi connectivity index (χ1n) is 5.54. The molecular weight excluding hydrogens is 270 g/mol. The van der Waals surface area contributed by atoms with Crippen LogP contribution in [0.4, 0.5) is 5.69 Å². The highest BCUT2D eigenvalue weighted by atomic mass is 35.5. The summed E-state index contributed by atoms with van der Waals surface area (Å²) < 4.78 is 1.79. The summed E-state index contributed by atoms with van der Waals surface area (Å²) in [6.45, 7) is 0.933. The molecule has 1 aromatic heterocycles. The molecule has 0 atom stereocenters. The number of hydrogen-bond donors (Lipinski definition) is 1. The van der Waals surface area contributed by atoms with Crippen molar-refractivity contribution in [3.05, 3.63) is 51.1 Å². The molecule has 0 aliphatic rings. The number of halogens is 1. The molecule has 0 radical (unpaired) electrons. The molecule has 0 aliphatic carbocycles. The van der Waals surface area contributed by atoms with Crippen molar-refractivity contribution >= 4 is 17.3 Å². The van der Waals surface area contributed by atoms with Crippen LogP contribution in [-0.2, 0) is 20.1 Å². The Bertz CT molecular complexity index is 599. The smallest absolute Gasteiger partial charge is 0.269 e. The van der Waals surface area contributed by atoms with Gasteiger partial charge in [-0.1, -0.05) is 11.6 Å². The number of aromatic nitrogens is 3. The molecule has 2 rings (SSSR count). The third-order valence-corrected chi connectivity index (χ3v) is 3.01. The molecule has 0 aliphatic heterocycles. The quantitative estimate of drug-likeness (QED) is 0.665. The second kappa shape index (κ2) is 5.77. The number of rotatable bonds is 5. The van der Waals surface area contributed by atoms with Crippen LogP contribution in [0.2, 0.25) is 5.02 Å². The first-order chi connectivity index (χ1) is 9.08. The van der Waals surface area contributed by atoms with Crippen molar-refractivity contribution in [3.8, 4) is 0 Å². The third kappa shape index (κ3) is 3.27. The second-order valence-electron chi connectivity index (χ2n) is 3.99. The highest BCUT2D eigenvalue weighted by molar-refractivity contribution is 6.31. The van der Waals surface area contributed by atoms with E-state index < -0.39 is 4.92 Å². The van der Waals surface area contributed by atoms with Gasteiger partial charge < -0.3 is 9.88 Å². The van der Waals surface area contributed by atoms with Gasteiger partial charge in [0.05, 0.1) is 11.5 Å². The summed E-state index contributed by atoms with van der Waals surface area (Å²) in [5.74, 6) is 0.779. The van der Waals surface area contributed by atoms with Crippen LogP contribution in [0, 0.1) is 10.1 Å². The summed E-state index contributed by atoms with van der Waals surface area (Å²) in [6, 6.07) is 4.37. The van der Waals surface area contributed by atoms with E-state index in [-0.39, 0.29) is 5.69 Å². The number of benzene rings is 1. The van der Waals surface area contributed by atoms with Crippen LogP contribution in [0.3, 0.4) is 0 Å². The number of nitro benzene ring substituents is 1. The molecule has 1 heterocycles. The van der Waals surface area contributed by atoms with Gasteiger partial charge in [0.2, 0.25) is 0 Å². The summed E-state index contributed by atoms with van der Waals surface area (Å²) in [4.78, 5) is 10.2. The molecule has 2 aromatic rings. The van der Waals surface area contributed by atoms with E-state index in [2.05, 4.69) is 15.5 Å². The van der Waals surface area contributed by atoms with Gasteiger partial charge in [-0.25, -0.2) is 0 Å². The number of nitro groups is 1. The van der Waals surface area contributed by atoms with E-state index in [0.29, 0.717) is 23.7 Å². The molecule has 0 bridgehead atoms. The van der Waals surface area contributed by atoms with Gasteiger partial charge in [-0.3, -0.25) is 10.1 Å². The molecule has 0 saturated heterocycles. The first-order valence-corrected chi connectivity index (χ1v) is 5.92. The molecule has 100 valence electrons. The minimum Gasteiger partial charge on any atom is -0.320 e. The van der Waals surface area contributed by atoms with E-state index in [0.717, 1.165) is 5.82 Å². The minimum atomic E-state index is -0.442. The van der Waals surface area contributed by atoms with Crippen molar-refractivity contribution in [3.63, 3.8) is 0 Å². The molecule has 8 heteroatoms. The average Bonchev–Trinajstić information content (AvgIpc) is 2.77. The van der Waals surface area contributed by atoms with Crippen LogP contribution in [-0.4, -0.2) is 19.7 Å². The van der Waals surface area contributed by atoms with Gasteiger partial charge in [-0.15, -0.1) is 10.2 Å². The van der Waals surface area contributed by atoms with Gasteiger partial charge >= 0.3 is 0 Å². The second-order valence-corrected chi connectivity index (χ2v) is 4.40. The molecule has 0 saturated carbocycles. The van der Waals surface area contributed by atoms with E-state index >= 15 is 0 Å². The lowest BCUT2D eigenvalue weighted by molar-refractivity contribution is -0.384. The van der Waals surface area contributed by atoms with Crippen LogP contribution >= 0.6 is 11.6 Å². The number of non-ortho nitro benzene ring substituents is 1. The Morgan fingerprint density at radius 2 is 2.26 bits per heavy atom. The van der Waals surface area contributed by atoms with E-state index in [1.54, 1.807) is 10.9 Å². The molecule has 0 spiro atoms. The predicted octanol–water partition coefficient (Wildman–Crippen LogP) is 1.67. The molecule has 1 aromatic carbocycles. The van der Waals surface area contributed by atoms with Gasteiger partial charge in [-0.05, 0) is 11.6 Å². The lowest BCUT2D eigenvalue weighted by atomic mass is 10.2. The zero-order chi connectivity index (χ0) is 13.8. The van der Waals surface area contributed by atoms with Gasteiger partial charge in [0.1, 0.15) is 12.2 Å². The maximum absolute atomic E-state index is 10.7. The van der Waals surface area contributed by atoms with E-state index in [1.165, 1.54) is 18.2 Å². The monoisotopic (exact) mass is 281 g/mol. The first kappa shape index (κ1) is 13.4. The maximum atomic E-state index is 10.7. The van der Waals surface area contributed by atoms with Crippen molar-refractivity contribution < 1.29 is 4.92 Å². The Hall–Kier alpha value is -1.99. The fourth-order valence-electron chi connectivity index (χ4n) is 1.59. The zero-order valence-corrected chi connectivity index (χ0v) is 11.0. The fraction of sp³-hybridized carbons (Fsp3) is 0.273. The van der Waals surface area contributed by atoms with Gasteiger partial charge in [0.25, 0.3) is 5.69 Å². The Morgan fingerprint density at radius 3 is 2.89 bits per heavy atom. The standard InChI is InChI=1S/C11H12ClN5O2/c1-16-7-14-15-11(16)6-13-5-8-4-9(17(18)19)2-3-10(8)12/h2-4,7,13H,5-6H2,1H3. The predicted molar refractivity (Wildman–Crippen MR) is 69.7 cm³/mol. The lowest BCUT2D eigenvalue weighted by Gasteiger charge is -2.06. The van der Waals surface area contributed by atoms with E-state index in [1.807, 2.05) is 7.05 Å². The lowest BCUT2D eigenvalue weighted by Crippen LogP contribution is -2.16. The number of nitrogens with one attached hydrogen (secondary N) is 1. The van der Waals surface area contributed by atoms with Crippen LogP contribution in [0.5, 0.6) is 0 Å². The molecule has 0 amide bonds. The van der Waals surface area contributed by atoms with Crippen molar-refractivity contribution in [2.45, 2.75) is 13.1 Å². The topological polar surface area (TPSA) is 85.9 Å². The normalized spacial score (nSPS) is 10.6. The number of hydrogen-bond acceptors (Lipinski definition) is 5. The van der Waals surface area contributed by atoms with E-state index in [4.69, 9.17) is 11.6 Å². The summed E-state index contributed by atoms with van der Waals surface area (Å²) in [5, 5.41) is 22.0. The highest BCUT2D eigenvalue weighted by Crippen LogP contribution is 2.21. The molecular formula is C11H12ClN5O2. The Balaban J connectivity index is 2.01.